The van der Waals surface area contributed by atoms with Gasteiger partial charge in [-0.2, -0.15) is 0 Å². The average molecular weight is 230 g/mol. The van der Waals surface area contributed by atoms with Gasteiger partial charge in [0, 0.05) is 18.7 Å². The molecule has 2 aliphatic heterocycles. The fraction of sp³-hybridized carbons (Fsp3) is 0.500. The lowest BCUT2D eigenvalue weighted by molar-refractivity contribution is 0.0770. The van der Waals surface area contributed by atoms with Crippen molar-refractivity contribution in [1.82, 2.24) is 10.2 Å². The van der Waals surface area contributed by atoms with Gasteiger partial charge in [0.25, 0.3) is 5.91 Å². The van der Waals surface area contributed by atoms with Crippen molar-refractivity contribution in [3.8, 4) is 0 Å². The second kappa shape index (κ2) is 4.49. The monoisotopic (exact) mass is 230 g/mol. The zero-order valence-electron chi connectivity index (χ0n) is 9.98. The number of hydrogen-bond donors (Lipinski definition) is 1. The van der Waals surface area contributed by atoms with Crippen LogP contribution in [0.2, 0.25) is 0 Å². The third-order valence-electron chi connectivity index (χ3n) is 3.87. The lowest BCUT2D eigenvalue weighted by Gasteiger charge is -2.17. The second-order valence-electron chi connectivity index (χ2n) is 5.03. The first-order chi connectivity index (χ1) is 8.34. The van der Waals surface area contributed by atoms with Gasteiger partial charge in [-0.1, -0.05) is 18.2 Å². The minimum Gasteiger partial charge on any atom is -0.334 e. The molecule has 1 unspecified atom stereocenters. The van der Waals surface area contributed by atoms with Gasteiger partial charge in [-0.15, -0.1) is 0 Å². The molecule has 2 heterocycles. The molecule has 0 aromatic heterocycles. The van der Waals surface area contributed by atoms with E-state index in [-0.39, 0.29) is 5.91 Å². The highest BCUT2D eigenvalue weighted by Gasteiger charge is 2.27. The molecule has 1 aromatic carbocycles. The van der Waals surface area contributed by atoms with Crippen molar-refractivity contribution in [3.63, 3.8) is 0 Å². The van der Waals surface area contributed by atoms with Crippen LogP contribution in [0.1, 0.15) is 28.8 Å². The normalized spacial score (nSPS) is 23.2. The average Bonchev–Trinajstić information content (AvgIpc) is 2.96. The minimum atomic E-state index is 0.214. The van der Waals surface area contributed by atoms with Crippen LogP contribution >= 0.6 is 0 Å². The summed E-state index contributed by atoms with van der Waals surface area (Å²) in [5.74, 6) is 0.970. The van der Waals surface area contributed by atoms with Crippen molar-refractivity contribution in [3.05, 3.63) is 35.4 Å². The molecule has 0 bridgehead atoms. The maximum absolute atomic E-state index is 12.1. The Morgan fingerprint density at radius 1 is 1.35 bits per heavy atom. The highest BCUT2D eigenvalue weighted by molar-refractivity contribution is 5.98. The van der Waals surface area contributed by atoms with Crippen LogP contribution in [0.5, 0.6) is 0 Å². The van der Waals surface area contributed by atoms with Crippen LogP contribution in [-0.4, -0.2) is 30.4 Å². The Hall–Kier alpha value is -1.35. The van der Waals surface area contributed by atoms with Crippen molar-refractivity contribution >= 4 is 5.91 Å². The third kappa shape index (κ3) is 2.07. The molecular formula is C14H18N2O. The third-order valence-corrected chi connectivity index (χ3v) is 3.87. The van der Waals surface area contributed by atoms with Gasteiger partial charge in [-0.3, -0.25) is 4.79 Å². The number of benzene rings is 1. The van der Waals surface area contributed by atoms with Crippen molar-refractivity contribution < 1.29 is 4.79 Å². The topological polar surface area (TPSA) is 32.3 Å². The molecule has 1 atom stereocenters. The molecule has 2 aliphatic rings. The van der Waals surface area contributed by atoms with Crippen LogP contribution in [0.4, 0.5) is 0 Å². The van der Waals surface area contributed by atoms with Gasteiger partial charge in [0.15, 0.2) is 0 Å². The van der Waals surface area contributed by atoms with Crippen LogP contribution in [0.3, 0.4) is 0 Å². The number of rotatable bonds is 3. The molecule has 3 rings (SSSR count). The Morgan fingerprint density at radius 2 is 2.24 bits per heavy atom. The first-order valence-electron chi connectivity index (χ1n) is 6.42. The number of amides is 1. The van der Waals surface area contributed by atoms with Crippen LogP contribution in [-0.2, 0) is 6.54 Å². The Morgan fingerprint density at radius 3 is 3.00 bits per heavy atom. The number of carbonyl (C=O) groups excluding carboxylic acids is 1. The molecule has 1 saturated heterocycles. The molecule has 0 aliphatic carbocycles. The summed E-state index contributed by atoms with van der Waals surface area (Å²) in [6.45, 7) is 3.96. The number of hydrogen-bond acceptors (Lipinski definition) is 2. The molecule has 1 fully saturated rings. The summed E-state index contributed by atoms with van der Waals surface area (Å²) < 4.78 is 0. The predicted octanol–water partition coefficient (Wildman–Crippen LogP) is 1.64. The molecule has 0 radical (unpaired) electrons. The van der Waals surface area contributed by atoms with E-state index >= 15 is 0 Å². The summed E-state index contributed by atoms with van der Waals surface area (Å²) in [4.78, 5) is 14.1. The first-order valence-corrected chi connectivity index (χ1v) is 6.42. The Bertz CT molecular complexity index is 424. The maximum atomic E-state index is 12.1. The molecule has 1 amide bonds. The highest BCUT2D eigenvalue weighted by Crippen LogP contribution is 2.23. The van der Waals surface area contributed by atoms with Crippen LogP contribution < -0.4 is 5.32 Å². The summed E-state index contributed by atoms with van der Waals surface area (Å²) in [6, 6.07) is 7.96. The van der Waals surface area contributed by atoms with E-state index in [0.29, 0.717) is 0 Å². The van der Waals surface area contributed by atoms with Crippen molar-refractivity contribution in [2.75, 3.05) is 19.6 Å². The van der Waals surface area contributed by atoms with Gasteiger partial charge in [-0.05, 0) is 43.5 Å². The first kappa shape index (κ1) is 10.8. The molecule has 0 saturated carbocycles. The Labute approximate surface area is 102 Å². The summed E-state index contributed by atoms with van der Waals surface area (Å²) in [5, 5.41) is 3.37. The lowest BCUT2D eigenvalue weighted by Crippen LogP contribution is -2.27. The van der Waals surface area contributed by atoms with Gasteiger partial charge in [-0.25, -0.2) is 0 Å². The zero-order valence-corrected chi connectivity index (χ0v) is 9.98. The van der Waals surface area contributed by atoms with Gasteiger partial charge >= 0.3 is 0 Å². The molecule has 90 valence electrons. The Balaban J connectivity index is 1.61. The number of carbonyl (C=O) groups is 1. The van der Waals surface area contributed by atoms with Gasteiger partial charge in [0.05, 0.1) is 0 Å². The van der Waals surface area contributed by atoms with E-state index in [1.807, 2.05) is 23.1 Å². The fourth-order valence-corrected chi connectivity index (χ4v) is 2.79. The summed E-state index contributed by atoms with van der Waals surface area (Å²) in [6.07, 6.45) is 2.39. The van der Waals surface area contributed by atoms with Crippen LogP contribution in [0.25, 0.3) is 0 Å². The predicted molar refractivity (Wildman–Crippen MR) is 66.8 cm³/mol. The highest BCUT2D eigenvalue weighted by atomic mass is 16.2. The second-order valence-corrected chi connectivity index (χ2v) is 5.03. The molecular weight excluding hydrogens is 212 g/mol. The van der Waals surface area contributed by atoms with E-state index in [0.717, 1.165) is 44.1 Å². The van der Waals surface area contributed by atoms with Gasteiger partial charge in [0.2, 0.25) is 0 Å². The van der Waals surface area contributed by atoms with Gasteiger partial charge < -0.3 is 10.2 Å². The molecule has 0 spiro atoms. The van der Waals surface area contributed by atoms with Crippen molar-refractivity contribution in [2.24, 2.45) is 5.92 Å². The van der Waals surface area contributed by atoms with E-state index in [9.17, 15) is 4.79 Å². The van der Waals surface area contributed by atoms with Crippen molar-refractivity contribution in [1.29, 1.82) is 0 Å². The number of nitrogens with one attached hydrogen (secondary N) is 1. The van der Waals surface area contributed by atoms with E-state index in [4.69, 9.17) is 0 Å². The van der Waals surface area contributed by atoms with E-state index in [1.54, 1.807) is 0 Å². The summed E-state index contributed by atoms with van der Waals surface area (Å²) in [5.41, 5.74) is 2.08. The molecule has 3 nitrogen and oxygen atoms in total. The molecule has 3 heteroatoms. The van der Waals surface area contributed by atoms with E-state index in [2.05, 4.69) is 11.4 Å². The largest absolute Gasteiger partial charge is 0.334 e. The summed E-state index contributed by atoms with van der Waals surface area (Å²) >= 11 is 0. The van der Waals surface area contributed by atoms with E-state index in [1.165, 1.54) is 12.0 Å². The van der Waals surface area contributed by atoms with Crippen LogP contribution in [0, 0.1) is 5.92 Å². The number of nitrogens with zero attached hydrogens (tertiary/aromatic N) is 1. The lowest BCUT2D eigenvalue weighted by atomic mass is 10.1. The zero-order chi connectivity index (χ0) is 11.7. The minimum absolute atomic E-state index is 0.214. The quantitative estimate of drug-likeness (QED) is 0.856. The Kier molecular flexibility index (Phi) is 2.85. The maximum Gasteiger partial charge on any atom is 0.254 e. The molecule has 17 heavy (non-hydrogen) atoms. The van der Waals surface area contributed by atoms with E-state index < -0.39 is 0 Å². The van der Waals surface area contributed by atoms with Gasteiger partial charge in [0.1, 0.15) is 0 Å². The number of fused-ring (bicyclic) bond motifs is 1. The SMILES string of the molecule is O=C1c2ccccc2CN1CCC1CCNC1. The smallest absolute Gasteiger partial charge is 0.254 e. The standard InChI is InChI=1S/C14H18N2O/c17-14-13-4-2-1-3-12(13)10-16(14)8-6-11-5-7-15-9-11/h1-4,11,15H,5-10H2. The fourth-order valence-electron chi connectivity index (χ4n) is 2.79. The van der Waals surface area contributed by atoms with Crippen LogP contribution in [0.15, 0.2) is 24.3 Å². The molecule has 1 aromatic rings. The van der Waals surface area contributed by atoms with Crippen molar-refractivity contribution in [2.45, 2.75) is 19.4 Å². The molecule has 1 N–H and O–H groups in total. The summed E-state index contributed by atoms with van der Waals surface area (Å²) in [7, 11) is 0.